The molecule has 0 aromatic heterocycles. The molecule has 0 saturated carbocycles. The smallest absolute Gasteiger partial charge is 0.253 e. The summed E-state index contributed by atoms with van der Waals surface area (Å²) >= 11 is 0. The maximum atomic E-state index is 12.7. The average Bonchev–Trinajstić information content (AvgIpc) is 2.65. The van der Waals surface area contributed by atoms with E-state index >= 15 is 0 Å². The number of carbonyl (C=O) groups is 2. The van der Waals surface area contributed by atoms with Gasteiger partial charge in [-0.25, -0.2) is 0 Å². The average molecular weight is 391 g/mol. The van der Waals surface area contributed by atoms with E-state index in [9.17, 15) is 9.59 Å². The molecule has 2 N–H and O–H groups in total. The summed E-state index contributed by atoms with van der Waals surface area (Å²) in [7, 11) is 7.85. The van der Waals surface area contributed by atoms with Crippen LogP contribution in [0.3, 0.4) is 0 Å². The minimum atomic E-state index is -0.114. The number of nitrogens with one attached hydrogen (secondary N) is 2. The van der Waals surface area contributed by atoms with Crippen molar-refractivity contribution in [3.8, 4) is 0 Å². The fourth-order valence-electron chi connectivity index (χ4n) is 3.09. The Labute approximate surface area is 170 Å². The third kappa shape index (κ3) is 7.89. The van der Waals surface area contributed by atoms with E-state index in [1.54, 1.807) is 6.07 Å². The molecule has 28 heavy (non-hydrogen) atoms. The molecule has 6 heteroatoms. The van der Waals surface area contributed by atoms with Gasteiger partial charge in [0.15, 0.2) is 0 Å². The summed E-state index contributed by atoms with van der Waals surface area (Å²) < 4.78 is 0. The molecule has 1 unspecified atom stereocenters. The zero-order valence-electron chi connectivity index (χ0n) is 18.5. The first kappa shape index (κ1) is 24.0. The summed E-state index contributed by atoms with van der Waals surface area (Å²) in [6.07, 6.45) is 4.74. The van der Waals surface area contributed by atoms with Crippen LogP contribution in [0.4, 0.5) is 11.4 Å². The summed E-state index contributed by atoms with van der Waals surface area (Å²) in [5, 5.41) is 5.99. The van der Waals surface area contributed by atoms with Crippen molar-refractivity contribution in [2.24, 2.45) is 5.92 Å². The number of nitrogens with zero attached hydrogens (tertiary/aromatic N) is 2. The highest BCUT2D eigenvalue weighted by Gasteiger charge is 2.18. The van der Waals surface area contributed by atoms with Crippen LogP contribution in [-0.2, 0) is 4.79 Å². The minimum absolute atomic E-state index is 0.0109. The van der Waals surface area contributed by atoms with E-state index in [0.717, 1.165) is 44.3 Å². The van der Waals surface area contributed by atoms with Gasteiger partial charge in [0.1, 0.15) is 0 Å². The highest BCUT2D eigenvalue weighted by atomic mass is 16.2. The normalized spacial score (nSPS) is 12.0. The fraction of sp³-hybridized carbons (Fsp3) is 0.636. The van der Waals surface area contributed by atoms with Gasteiger partial charge in [0, 0.05) is 37.9 Å². The molecule has 0 fully saturated rings. The van der Waals surface area contributed by atoms with Crippen LogP contribution in [0, 0.1) is 5.92 Å². The Morgan fingerprint density at radius 2 is 1.79 bits per heavy atom. The van der Waals surface area contributed by atoms with Crippen LogP contribution >= 0.6 is 0 Å². The topological polar surface area (TPSA) is 64.7 Å². The summed E-state index contributed by atoms with van der Waals surface area (Å²) in [5.41, 5.74) is 2.08. The molecule has 1 rings (SSSR count). The first-order valence-electron chi connectivity index (χ1n) is 10.3. The third-order valence-corrected chi connectivity index (χ3v) is 4.83. The van der Waals surface area contributed by atoms with Gasteiger partial charge < -0.3 is 20.4 Å². The van der Waals surface area contributed by atoms with Gasteiger partial charge in [-0.15, -0.1) is 0 Å². The zero-order chi connectivity index (χ0) is 21.1. The monoisotopic (exact) mass is 390 g/mol. The van der Waals surface area contributed by atoms with Gasteiger partial charge in [0.25, 0.3) is 5.91 Å². The van der Waals surface area contributed by atoms with Crippen LogP contribution in [0.5, 0.6) is 0 Å². The predicted octanol–water partition coefficient (Wildman–Crippen LogP) is 3.59. The van der Waals surface area contributed by atoms with Gasteiger partial charge in [-0.05, 0) is 58.1 Å². The Kier molecular flexibility index (Phi) is 10.6. The van der Waals surface area contributed by atoms with E-state index in [-0.39, 0.29) is 17.7 Å². The van der Waals surface area contributed by atoms with Gasteiger partial charge in [-0.1, -0.05) is 26.7 Å². The van der Waals surface area contributed by atoms with Crippen molar-refractivity contribution in [3.63, 3.8) is 0 Å². The molecular weight excluding hydrogens is 352 g/mol. The Morgan fingerprint density at radius 3 is 2.36 bits per heavy atom. The number of hydrogen-bond donors (Lipinski definition) is 2. The Balaban J connectivity index is 2.88. The molecule has 0 radical (unpaired) electrons. The number of carbonyl (C=O) groups excluding carboxylic acids is 2. The third-order valence-electron chi connectivity index (χ3n) is 4.83. The lowest BCUT2D eigenvalue weighted by atomic mass is 9.98. The predicted molar refractivity (Wildman–Crippen MR) is 118 cm³/mol. The van der Waals surface area contributed by atoms with Gasteiger partial charge in [-0.3, -0.25) is 9.59 Å². The van der Waals surface area contributed by atoms with E-state index in [2.05, 4.69) is 22.5 Å². The van der Waals surface area contributed by atoms with Gasteiger partial charge >= 0.3 is 0 Å². The maximum absolute atomic E-state index is 12.7. The van der Waals surface area contributed by atoms with Crippen LogP contribution < -0.4 is 15.5 Å². The molecule has 6 nitrogen and oxygen atoms in total. The van der Waals surface area contributed by atoms with Crippen LogP contribution in [0.25, 0.3) is 0 Å². The van der Waals surface area contributed by atoms with Crippen molar-refractivity contribution in [3.05, 3.63) is 23.8 Å². The quantitative estimate of drug-likeness (QED) is 0.535. The number of benzene rings is 1. The molecule has 2 amide bonds. The van der Waals surface area contributed by atoms with Crippen molar-refractivity contribution in [2.45, 2.75) is 46.0 Å². The number of hydrogen-bond acceptors (Lipinski definition) is 4. The molecule has 0 aliphatic heterocycles. The van der Waals surface area contributed by atoms with Crippen LogP contribution in [0.2, 0.25) is 0 Å². The van der Waals surface area contributed by atoms with Crippen molar-refractivity contribution < 1.29 is 9.59 Å². The lowest BCUT2D eigenvalue weighted by molar-refractivity contribution is -0.120. The molecule has 0 saturated heterocycles. The van der Waals surface area contributed by atoms with E-state index in [1.807, 2.05) is 52.1 Å². The van der Waals surface area contributed by atoms with Crippen molar-refractivity contribution in [1.82, 2.24) is 10.2 Å². The summed E-state index contributed by atoms with van der Waals surface area (Å²) in [5.74, 6) is -0.0701. The Bertz CT molecular complexity index is 629. The van der Waals surface area contributed by atoms with Crippen molar-refractivity contribution >= 4 is 23.2 Å². The highest BCUT2D eigenvalue weighted by molar-refractivity contribution is 6.02. The van der Waals surface area contributed by atoms with Crippen LogP contribution in [0.15, 0.2) is 18.2 Å². The lowest BCUT2D eigenvalue weighted by Gasteiger charge is -2.20. The molecule has 0 spiro atoms. The van der Waals surface area contributed by atoms with E-state index < -0.39 is 0 Å². The van der Waals surface area contributed by atoms with E-state index in [0.29, 0.717) is 17.8 Å². The minimum Gasteiger partial charge on any atom is -0.377 e. The molecule has 1 aromatic carbocycles. The first-order chi connectivity index (χ1) is 13.3. The molecule has 0 aliphatic rings. The van der Waals surface area contributed by atoms with Crippen molar-refractivity contribution in [2.75, 3.05) is 51.5 Å². The molecule has 1 atom stereocenters. The lowest BCUT2D eigenvalue weighted by Crippen LogP contribution is -2.29. The highest BCUT2D eigenvalue weighted by Crippen LogP contribution is 2.24. The molecule has 0 aliphatic carbocycles. The fourth-order valence-corrected chi connectivity index (χ4v) is 3.09. The number of unbranched alkanes of at least 4 members (excludes halogenated alkanes) is 1. The van der Waals surface area contributed by atoms with Crippen molar-refractivity contribution in [1.29, 1.82) is 0 Å². The van der Waals surface area contributed by atoms with Crippen LogP contribution in [-0.4, -0.2) is 58.0 Å². The van der Waals surface area contributed by atoms with E-state index in [1.165, 1.54) is 0 Å². The molecule has 158 valence electrons. The Morgan fingerprint density at radius 1 is 1.07 bits per heavy atom. The standard InChI is InChI=1S/C22H38N4O2/c1-7-9-11-17(8-2)21(27)24-18-12-13-20(26(5)6)19(16-18)22(28)23-14-10-15-25(3)4/h12-13,16-17H,7-11,14-15H2,1-6H3,(H,23,28)(H,24,27). The number of amides is 2. The number of anilines is 2. The maximum Gasteiger partial charge on any atom is 0.253 e. The second-order valence-electron chi connectivity index (χ2n) is 7.78. The van der Waals surface area contributed by atoms with E-state index in [4.69, 9.17) is 0 Å². The molecular formula is C22H38N4O2. The zero-order valence-corrected chi connectivity index (χ0v) is 18.5. The van der Waals surface area contributed by atoms with Gasteiger partial charge in [-0.2, -0.15) is 0 Å². The summed E-state index contributed by atoms with van der Waals surface area (Å²) in [6, 6.07) is 5.53. The molecule has 0 bridgehead atoms. The summed E-state index contributed by atoms with van der Waals surface area (Å²) in [6.45, 7) is 5.72. The molecule has 0 heterocycles. The van der Waals surface area contributed by atoms with Crippen LogP contribution in [0.1, 0.15) is 56.3 Å². The second kappa shape index (κ2) is 12.4. The summed E-state index contributed by atoms with van der Waals surface area (Å²) in [4.78, 5) is 29.3. The molecule has 1 aromatic rings. The Hall–Kier alpha value is -2.08. The second-order valence-corrected chi connectivity index (χ2v) is 7.78. The largest absolute Gasteiger partial charge is 0.377 e. The van der Waals surface area contributed by atoms with Gasteiger partial charge in [0.2, 0.25) is 5.91 Å². The number of rotatable bonds is 12. The van der Waals surface area contributed by atoms with Gasteiger partial charge in [0.05, 0.1) is 5.56 Å². The SMILES string of the molecule is CCCCC(CC)C(=O)Nc1ccc(N(C)C)c(C(=O)NCCCN(C)C)c1. The first-order valence-corrected chi connectivity index (χ1v) is 10.3.